The number of nitriles is 1. The Balaban J connectivity index is 2.32. The summed E-state index contributed by atoms with van der Waals surface area (Å²) < 4.78 is 5.07. The van der Waals surface area contributed by atoms with Crippen LogP contribution in [-0.4, -0.2) is 17.9 Å². The minimum Gasteiger partial charge on any atom is -0.495 e. The van der Waals surface area contributed by atoms with Crippen LogP contribution in [0.4, 0.5) is 11.4 Å². The van der Waals surface area contributed by atoms with E-state index < -0.39 is 10.8 Å². The van der Waals surface area contributed by atoms with E-state index in [1.54, 1.807) is 30.3 Å². The molecular formula is C17H12ClN3O4. The van der Waals surface area contributed by atoms with Crippen molar-refractivity contribution in [2.24, 2.45) is 0 Å². The van der Waals surface area contributed by atoms with E-state index in [0.29, 0.717) is 10.6 Å². The van der Waals surface area contributed by atoms with Crippen LogP contribution in [-0.2, 0) is 4.79 Å². The zero-order valence-corrected chi connectivity index (χ0v) is 13.8. The Hall–Kier alpha value is -3.37. The average Bonchev–Trinajstić information content (AvgIpc) is 2.59. The lowest BCUT2D eigenvalue weighted by molar-refractivity contribution is -0.384. The SMILES string of the molecule is COc1ccc([N+](=O)[O-])cc1NC(=O)/C(C#N)=C/c1cccc(Cl)c1. The molecule has 0 aromatic heterocycles. The quantitative estimate of drug-likeness (QED) is 0.379. The van der Waals surface area contributed by atoms with Gasteiger partial charge in [0.2, 0.25) is 0 Å². The number of benzene rings is 2. The lowest BCUT2D eigenvalue weighted by atomic mass is 10.1. The zero-order chi connectivity index (χ0) is 18.4. The van der Waals surface area contributed by atoms with Crippen LogP contribution in [0.25, 0.3) is 6.08 Å². The number of anilines is 1. The molecule has 0 bridgehead atoms. The summed E-state index contributed by atoms with van der Waals surface area (Å²) in [4.78, 5) is 22.6. The number of halogens is 1. The van der Waals surface area contributed by atoms with E-state index in [1.165, 1.54) is 25.3 Å². The molecule has 0 aliphatic heterocycles. The first-order valence-corrected chi connectivity index (χ1v) is 7.33. The highest BCUT2D eigenvalue weighted by Crippen LogP contribution is 2.29. The lowest BCUT2D eigenvalue weighted by Crippen LogP contribution is -2.14. The fourth-order valence-corrected chi connectivity index (χ4v) is 2.21. The molecule has 2 aromatic rings. The maximum absolute atomic E-state index is 12.3. The number of rotatable bonds is 5. The van der Waals surface area contributed by atoms with Crippen molar-refractivity contribution in [3.63, 3.8) is 0 Å². The second kappa shape index (κ2) is 7.95. The molecule has 2 rings (SSSR count). The van der Waals surface area contributed by atoms with Crippen molar-refractivity contribution in [3.05, 3.63) is 68.7 Å². The number of carbonyl (C=O) groups excluding carboxylic acids is 1. The molecule has 0 radical (unpaired) electrons. The van der Waals surface area contributed by atoms with E-state index in [9.17, 15) is 20.2 Å². The van der Waals surface area contributed by atoms with Crippen molar-refractivity contribution in [3.8, 4) is 11.8 Å². The largest absolute Gasteiger partial charge is 0.495 e. The predicted octanol–water partition coefficient (Wildman–Crippen LogP) is 3.80. The maximum Gasteiger partial charge on any atom is 0.271 e. The summed E-state index contributed by atoms with van der Waals surface area (Å²) in [6, 6.07) is 12.2. The summed E-state index contributed by atoms with van der Waals surface area (Å²) in [5.74, 6) is -0.486. The van der Waals surface area contributed by atoms with Gasteiger partial charge in [0.05, 0.1) is 17.7 Å². The van der Waals surface area contributed by atoms with Crippen molar-refractivity contribution in [1.82, 2.24) is 0 Å². The summed E-state index contributed by atoms with van der Waals surface area (Å²) in [6.07, 6.45) is 1.37. The highest BCUT2D eigenvalue weighted by atomic mass is 35.5. The first-order valence-electron chi connectivity index (χ1n) is 6.95. The number of nitrogens with one attached hydrogen (secondary N) is 1. The number of methoxy groups -OCH3 is 1. The van der Waals surface area contributed by atoms with Gasteiger partial charge in [0.25, 0.3) is 11.6 Å². The second-order valence-corrected chi connectivity index (χ2v) is 5.26. The van der Waals surface area contributed by atoms with Crippen LogP contribution in [0.2, 0.25) is 5.02 Å². The van der Waals surface area contributed by atoms with Crippen LogP contribution in [0, 0.1) is 21.4 Å². The van der Waals surface area contributed by atoms with Crippen LogP contribution in [0.3, 0.4) is 0 Å². The van der Waals surface area contributed by atoms with Crippen molar-refractivity contribution in [2.45, 2.75) is 0 Å². The minimum atomic E-state index is -0.721. The Bertz CT molecular complexity index is 903. The Labute approximate surface area is 148 Å². The highest BCUT2D eigenvalue weighted by Gasteiger charge is 2.16. The maximum atomic E-state index is 12.3. The highest BCUT2D eigenvalue weighted by molar-refractivity contribution is 6.30. The monoisotopic (exact) mass is 357 g/mol. The molecule has 7 nitrogen and oxygen atoms in total. The van der Waals surface area contributed by atoms with Gasteiger partial charge in [0.1, 0.15) is 17.4 Å². The molecule has 0 heterocycles. The number of hydrogen-bond acceptors (Lipinski definition) is 5. The number of hydrogen-bond donors (Lipinski definition) is 1. The molecule has 2 aromatic carbocycles. The van der Waals surface area contributed by atoms with Crippen LogP contribution in [0.5, 0.6) is 5.75 Å². The lowest BCUT2D eigenvalue weighted by Gasteiger charge is -2.09. The van der Waals surface area contributed by atoms with Crippen LogP contribution >= 0.6 is 11.6 Å². The summed E-state index contributed by atoms with van der Waals surface area (Å²) in [5.41, 5.74) is 0.267. The average molecular weight is 358 g/mol. The Morgan fingerprint density at radius 1 is 1.36 bits per heavy atom. The van der Waals surface area contributed by atoms with Gasteiger partial charge in [-0.15, -0.1) is 0 Å². The molecule has 0 saturated heterocycles. The summed E-state index contributed by atoms with van der Waals surface area (Å²) >= 11 is 5.87. The van der Waals surface area contributed by atoms with E-state index in [2.05, 4.69) is 5.32 Å². The number of nitro groups is 1. The molecule has 0 fully saturated rings. The van der Waals surface area contributed by atoms with Crippen molar-refractivity contribution in [1.29, 1.82) is 5.26 Å². The third-order valence-electron chi connectivity index (χ3n) is 3.17. The number of non-ortho nitro benzene ring substituents is 1. The molecule has 0 aliphatic rings. The van der Waals surface area contributed by atoms with E-state index in [4.69, 9.17) is 16.3 Å². The van der Waals surface area contributed by atoms with E-state index in [1.807, 2.05) is 0 Å². The predicted molar refractivity (Wildman–Crippen MR) is 93.3 cm³/mol. The van der Waals surface area contributed by atoms with Gasteiger partial charge in [-0.05, 0) is 29.8 Å². The topological polar surface area (TPSA) is 105 Å². The van der Waals surface area contributed by atoms with Crippen LogP contribution < -0.4 is 10.1 Å². The molecule has 1 N–H and O–H groups in total. The molecule has 25 heavy (non-hydrogen) atoms. The standard InChI is InChI=1S/C17H12ClN3O4/c1-25-16-6-5-14(21(23)24)9-15(16)20-17(22)12(10-19)7-11-3-2-4-13(18)8-11/h2-9H,1H3,(H,20,22)/b12-7+. The zero-order valence-electron chi connectivity index (χ0n) is 13.0. The third kappa shape index (κ3) is 4.56. The van der Waals surface area contributed by atoms with E-state index >= 15 is 0 Å². The number of nitrogens with zero attached hydrogens (tertiary/aromatic N) is 2. The van der Waals surface area contributed by atoms with Gasteiger partial charge in [-0.25, -0.2) is 0 Å². The fourth-order valence-electron chi connectivity index (χ4n) is 2.01. The van der Waals surface area contributed by atoms with Crippen LogP contribution in [0.1, 0.15) is 5.56 Å². The normalized spacial score (nSPS) is 10.7. The second-order valence-electron chi connectivity index (χ2n) is 4.82. The summed E-state index contributed by atoms with van der Waals surface area (Å²) in [5, 5.41) is 23.0. The van der Waals surface area contributed by atoms with Crippen molar-refractivity contribution in [2.75, 3.05) is 12.4 Å². The molecule has 0 spiro atoms. The Morgan fingerprint density at radius 3 is 2.72 bits per heavy atom. The molecular weight excluding hydrogens is 346 g/mol. The van der Waals surface area contributed by atoms with Gasteiger partial charge in [0.15, 0.2) is 0 Å². The van der Waals surface area contributed by atoms with Gasteiger partial charge in [-0.1, -0.05) is 23.7 Å². The first-order chi connectivity index (χ1) is 11.9. The van der Waals surface area contributed by atoms with Crippen molar-refractivity contribution >= 4 is 35.0 Å². The van der Waals surface area contributed by atoms with Crippen LogP contribution in [0.15, 0.2) is 48.0 Å². The first kappa shape index (κ1) is 18.0. The van der Waals surface area contributed by atoms with E-state index in [-0.39, 0.29) is 22.7 Å². The summed E-state index contributed by atoms with van der Waals surface area (Å²) in [7, 11) is 1.36. The molecule has 0 saturated carbocycles. The van der Waals surface area contributed by atoms with Gasteiger partial charge in [-0.2, -0.15) is 5.26 Å². The summed E-state index contributed by atoms with van der Waals surface area (Å²) in [6.45, 7) is 0. The molecule has 0 unspecified atom stereocenters. The van der Waals surface area contributed by atoms with Gasteiger partial charge in [-0.3, -0.25) is 14.9 Å². The number of ether oxygens (including phenoxy) is 1. The molecule has 0 aliphatic carbocycles. The smallest absolute Gasteiger partial charge is 0.271 e. The number of amides is 1. The van der Waals surface area contributed by atoms with Gasteiger partial charge >= 0.3 is 0 Å². The van der Waals surface area contributed by atoms with Crippen molar-refractivity contribution < 1.29 is 14.5 Å². The molecule has 126 valence electrons. The van der Waals surface area contributed by atoms with Gasteiger partial charge < -0.3 is 10.1 Å². The third-order valence-corrected chi connectivity index (χ3v) is 3.40. The fraction of sp³-hybridized carbons (Fsp3) is 0.0588. The number of nitro benzene ring substituents is 1. The van der Waals surface area contributed by atoms with Gasteiger partial charge in [0, 0.05) is 17.2 Å². The Morgan fingerprint density at radius 2 is 2.12 bits per heavy atom. The van der Waals surface area contributed by atoms with E-state index in [0.717, 1.165) is 6.07 Å². The number of carbonyl (C=O) groups is 1. The molecule has 1 amide bonds. The molecule has 8 heteroatoms. The molecule has 0 atom stereocenters. The minimum absolute atomic E-state index is 0.0916. The Kier molecular flexibility index (Phi) is 5.71.